The Morgan fingerprint density at radius 3 is 2.94 bits per heavy atom. The zero-order valence-electron chi connectivity index (χ0n) is 9.35. The number of esters is 1. The summed E-state index contributed by atoms with van der Waals surface area (Å²) >= 11 is 0. The molecule has 0 heterocycles. The first-order chi connectivity index (χ1) is 7.67. The van der Waals surface area contributed by atoms with Gasteiger partial charge in [0.1, 0.15) is 11.8 Å². The molecule has 0 aliphatic carbocycles. The van der Waals surface area contributed by atoms with Crippen LogP contribution >= 0.6 is 0 Å². The summed E-state index contributed by atoms with van der Waals surface area (Å²) < 4.78 is 5.03. The van der Waals surface area contributed by atoms with Gasteiger partial charge in [-0.2, -0.15) is 0 Å². The van der Waals surface area contributed by atoms with E-state index < -0.39 is 18.6 Å². The predicted octanol–water partition coefficient (Wildman–Crippen LogP) is 0.864. The van der Waals surface area contributed by atoms with Crippen molar-refractivity contribution in [1.82, 2.24) is 0 Å². The molecule has 0 aromatic heterocycles. The quantitative estimate of drug-likeness (QED) is 0.573. The molecule has 0 aliphatic rings. The van der Waals surface area contributed by atoms with E-state index >= 15 is 0 Å². The van der Waals surface area contributed by atoms with Gasteiger partial charge in [-0.1, -0.05) is 25.5 Å². The fourth-order valence-electron chi connectivity index (χ4n) is 1.32. The zero-order chi connectivity index (χ0) is 12.0. The van der Waals surface area contributed by atoms with Crippen LogP contribution in [0.2, 0.25) is 0 Å². The first-order valence-electron chi connectivity index (χ1n) is 5.34. The molecule has 1 unspecified atom stereocenters. The van der Waals surface area contributed by atoms with Crippen LogP contribution in [0.3, 0.4) is 0 Å². The molecule has 4 nitrogen and oxygen atoms in total. The minimum Gasteiger partial charge on any atom is -0.425 e. The van der Waals surface area contributed by atoms with E-state index in [1.807, 2.05) is 18.2 Å². The standard InChI is InChI=1S/C12H17NO3/c1-2-4-9-5-3-6-10(7-9)16-12(15)11(13)8-14/h3,5-7,11,14H,2,4,8,13H2,1H3. The minimum atomic E-state index is -0.977. The van der Waals surface area contributed by atoms with Crippen molar-refractivity contribution in [2.75, 3.05) is 6.61 Å². The van der Waals surface area contributed by atoms with Gasteiger partial charge in [0.2, 0.25) is 0 Å². The molecule has 0 spiro atoms. The number of carbonyl (C=O) groups is 1. The van der Waals surface area contributed by atoms with Crippen LogP contribution in [0.1, 0.15) is 18.9 Å². The van der Waals surface area contributed by atoms with Crippen LogP contribution in [0, 0.1) is 0 Å². The summed E-state index contributed by atoms with van der Waals surface area (Å²) in [5.74, 6) is -0.143. The molecule has 1 aromatic carbocycles. The molecular weight excluding hydrogens is 206 g/mol. The predicted molar refractivity (Wildman–Crippen MR) is 61.1 cm³/mol. The average molecular weight is 223 g/mol. The molecule has 0 saturated carbocycles. The highest BCUT2D eigenvalue weighted by atomic mass is 16.5. The Balaban J connectivity index is 2.66. The summed E-state index contributed by atoms with van der Waals surface area (Å²) in [7, 11) is 0. The van der Waals surface area contributed by atoms with Gasteiger partial charge < -0.3 is 15.6 Å². The number of rotatable bonds is 5. The Hall–Kier alpha value is -1.39. The first kappa shape index (κ1) is 12.7. The van der Waals surface area contributed by atoms with Crippen molar-refractivity contribution in [3.8, 4) is 5.75 Å². The minimum absolute atomic E-state index is 0.409. The molecule has 1 rings (SSSR count). The normalized spacial score (nSPS) is 12.2. The molecule has 0 fully saturated rings. The highest BCUT2D eigenvalue weighted by Gasteiger charge is 2.14. The third-order valence-electron chi connectivity index (χ3n) is 2.16. The third kappa shape index (κ3) is 3.64. The molecule has 0 bridgehead atoms. The second-order valence-electron chi connectivity index (χ2n) is 3.61. The maximum absolute atomic E-state index is 11.3. The number of aryl methyl sites for hydroxylation is 1. The van der Waals surface area contributed by atoms with Crippen LogP contribution in [0.15, 0.2) is 24.3 Å². The Kier molecular flexibility index (Phi) is 4.95. The van der Waals surface area contributed by atoms with Gasteiger partial charge in [-0.3, -0.25) is 0 Å². The fourth-order valence-corrected chi connectivity index (χ4v) is 1.32. The number of hydrogen-bond acceptors (Lipinski definition) is 4. The van der Waals surface area contributed by atoms with Crippen LogP contribution in [0.4, 0.5) is 0 Å². The lowest BCUT2D eigenvalue weighted by Gasteiger charge is -2.09. The van der Waals surface area contributed by atoms with E-state index in [-0.39, 0.29) is 0 Å². The molecule has 4 heteroatoms. The number of nitrogens with two attached hydrogens (primary N) is 1. The van der Waals surface area contributed by atoms with Crippen LogP contribution in [0.5, 0.6) is 5.75 Å². The first-order valence-corrected chi connectivity index (χ1v) is 5.34. The molecule has 3 N–H and O–H groups in total. The second kappa shape index (κ2) is 6.25. The summed E-state index contributed by atoms with van der Waals surface area (Å²) in [4.78, 5) is 11.3. The van der Waals surface area contributed by atoms with Crippen molar-refractivity contribution in [2.45, 2.75) is 25.8 Å². The van der Waals surface area contributed by atoms with Crippen molar-refractivity contribution in [3.63, 3.8) is 0 Å². The van der Waals surface area contributed by atoms with E-state index in [0.29, 0.717) is 5.75 Å². The van der Waals surface area contributed by atoms with E-state index in [9.17, 15) is 4.79 Å². The van der Waals surface area contributed by atoms with Gasteiger partial charge in [-0.25, -0.2) is 4.79 Å². The van der Waals surface area contributed by atoms with Gasteiger partial charge in [0.05, 0.1) is 6.61 Å². The fraction of sp³-hybridized carbons (Fsp3) is 0.417. The summed E-state index contributed by atoms with van der Waals surface area (Å²) in [6.45, 7) is 1.67. The number of hydrogen-bond donors (Lipinski definition) is 2. The number of aliphatic hydroxyl groups excluding tert-OH is 1. The van der Waals surface area contributed by atoms with Gasteiger partial charge in [0.25, 0.3) is 0 Å². The number of aliphatic hydroxyl groups is 1. The molecule has 0 aliphatic heterocycles. The van der Waals surface area contributed by atoms with Gasteiger partial charge in [-0.05, 0) is 24.1 Å². The Morgan fingerprint density at radius 2 is 2.31 bits per heavy atom. The molecule has 0 amide bonds. The van der Waals surface area contributed by atoms with Crippen LogP contribution in [-0.2, 0) is 11.2 Å². The summed E-state index contributed by atoms with van der Waals surface area (Å²) in [5, 5.41) is 8.70. The Morgan fingerprint density at radius 1 is 1.56 bits per heavy atom. The molecule has 0 radical (unpaired) electrons. The smallest absolute Gasteiger partial charge is 0.330 e. The van der Waals surface area contributed by atoms with E-state index in [1.54, 1.807) is 6.07 Å². The van der Waals surface area contributed by atoms with Crippen LogP contribution in [-0.4, -0.2) is 23.7 Å². The number of benzene rings is 1. The largest absolute Gasteiger partial charge is 0.425 e. The van der Waals surface area contributed by atoms with Gasteiger partial charge >= 0.3 is 5.97 Å². The molecular formula is C12H17NO3. The maximum Gasteiger partial charge on any atom is 0.330 e. The van der Waals surface area contributed by atoms with Crippen LogP contribution in [0.25, 0.3) is 0 Å². The molecule has 1 aromatic rings. The molecule has 1 atom stereocenters. The van der Waals surface area contributed by atoms with Crippen molar-refractivity contribution in [2.24, 2.45) is 5.73 Å². The second-order valence-corrected chi connectivity index (χ2v) is 3.61. The lowest BCUT2D eigenvalue weighted by molar-refractivity contribution is -0.136. The van der Waals surface area contributed by atoms with E-state index in [2.05, 4.69) is 6.92 Å². The van der Waals surface area contributed by atoms with Gasteiger partial charge in [-0.15, -0.1) is 0 Å². The lowest BCUT2D eigenvalue weighted by atomic mass is 10.1. The summed E-state index contributed by atoms with van der Waals surface area (Å²) in [5.41, 5.74) is 6.45. The highest BCUT2D eigenvalue weighted by Crippen LogP contribution is 2.15. The summed E-state index contributed by atoms with van der Waals surface area (Å²) in [6.07, 6.45) is 1.98. The van der Waals surface area contributed by atoms with Crippen molar-refractivity contribution in [1.29, 1.82) is 0 Å². The number of ether oxygens (including phenoxy) is 1. The average Bonchev–Trinajstić information content (AvgIpc) is 2.29. The van der Waals surface area contributed by atoms with Crippen molar-refractivity contribution < 1.29 is 14.6 Å². The maximum atomic E-state index is 11.3. The lowest BCUT2D eigenvalue weighted by Crippen LogP contribution is -2.37. The van der Waals surface area contributed by atoms with E-state index in [4.69, 9.17) is 15.6 Å². The number of carbonyl (C=O) groups excluding carboxylic acids is 1. The molecule has 16 heavy (non-hydrogen) atoms. The highest BCUT2D eigenvalue weighted by molar-refractivity contribution is 5.78. The van der Waals surface area contributed by atoms with E-state index in [0.717, 1.165) is 18.4 Å². The third-order valence-corrected chi connectivity index (χ3v) is 2.16. The van der Waals surface area contributed by atoms with Crippen LogP contribution < -0.4 is 10.5 Å². The van der Waals surface area contributed by atoms with Crippen molar-refractivity contribution in [3.05, 3.63) is 29.8 Å². The van der Waals surface area contributed by atoms with Gasteiger partial charge in [0, 0.05) is 0 Å². The zero-order valence-corrected chi connectivity index (χ0v) is 9.35. The summed E-state index contributed by atoms with van der Waals surface area (Å²) in [6, 6.07) is 6.34. The van der Waals surface area contributed by atoms with Gasteiger partial charge in [0.15, 0.2) is 0 Å². The Bertz CT molecular complexity index is 352. The van der Waals surface area contributed by atoms with Crippen molar-refractivity contribution >= 4 is 5.97 Å². The molecule has 0 saturated heterocycles. The topological polar surface area (TPSA) is 72.5 Å². The van der Waals surface area contributed by atoms with E-state index in [1.165, 1.54) is 0 Å². The Labute approximate surface area is 95.0 Å². The molecule has 88 valence electrons. The monoisotopic (exact) mass is 223 g/mol. The SMILES string of the molecule is CCCc1cccc(OC(=O)C(N)CO)c1.